The van der Waals surface area contributed by atoms with E-state index in [2.05, 4.69) is 24.4 Å². The molecule has 2 aliphatic carbocycles. The highest BCUT2D eigenvalue weighted by atomic mass is 32.2. The highest BCUT2D eigenvalue weighted by Crippen LogP contribution is 2.59. The second-order valence-corrected chi connectivity index (χ2v) is 12.8. The number of rotatable bonds is 7. The normalized spacial score (nSPS) is 22.3. The number of hydrogen-bond acceptors (Lipinski definition) is 5. The van der Waals surface area contributed by atoms with Crippen LogP contribution in [0.15, 0.2) is 47.4 Å². The third-order valence-corrected chi connectivity index (χ3v) is 9.74. The van der Waals surface area contributed by atoms with Gasteiger partial charge in [0.05, 0.1) is 18.6 Å². The van der Waals surface area contributed by atoms with Crippen LogP contribution in [0.5, 0.6) is 0 Å². The summed E-state index contributed by atoms with van der Waals surface area (Å²) >= 11 is 3.19. The van der Waals surface area contributed by atoms with Crippen LogP contribution in [0.2, 0.25) is 0 Å². The Morgan fingerprint density at radius 3 is 2.41 bits per heavy atom. The Morgan fingerprint density at radius 1 is 1.05 bits per heavy atom. The van der Waals surface area contributed by atoms with E-state index in [1.165, 1.54) is 18.9 Å². The van der Waals surface area contributed by atoms with Gasteiger partial charge in [0.1, 0.15) is 5.82 Å². The Kier molecular flexibility index (Phi) is 7.20. The van der Waals surface area contributed by atoms with Crippen molar-refractivity contribution >= 4 is 35.0 Å². The first-order valence-corrected chi connectivity index (χ1v) is 14.7. The number of amides is 1. The third kappa shape index (κ3) is 5.21. The molecular formula is C30H32FNO3S2. The number of ether oxygens (including phenoxy) is 1. The van der Waals surface area contributed by atoms with Crippen molar-refractivity contribution in [3.63, 3.8) is 0 Å². The molecule has 1 N–H and O–H groups in total. The maximum Gasteiger partial charge on any atom is 0.308 e. The molecule has 37 heavy (non-hydrogen) atoms. The van der Waals surface area contributed by atoms with E-state index in [0.29, 0.717) is 6.42 Å². The van der Waals surface area contributed by atoms with Crippen molar-refractivity contribution in [3.8, 4) is 11.1 Å². The van der Waals surface area contributed by atoms with Crippen LogP contribution in [0, 0.1) is 31.0 Å². The van der Waals surface area contributed by atoms with Gasteiger partial charge in [-0.05, 0) is 98.1 Å². The number of nitrogens with one attached hydrogen (secondary N) is 1. The minimum absolute atomic E-state index is 0.00140. The summed E-state index contributed by atoms with van der Waals surface area (Å²) in [5.74, 6) is -0.318. The van der Waals surface area contributed by atoms with Crippen LogP contribution in [-0.2, 0) is 16.0 Å². The predicted octanol–water partition coefficient (Wildman–Crippen LogP) is 6.95. The average molecular weight is 538 g/mol. The van der Waals surface area contributed by atoms with Gasteiger partial charge < -0.3 is 10.1 Å². The highest BCUT2D eigenvalue weighted by molar-refractivity contribution is 7.98. The van der Waals surface area contributed by atoms with Gasteiger partial charge >= 0.3 is 5.97 Å². The minimum atomic E-state index is -0.232. The average Bonchev–Trinajstić information content (AvgIpc) is 3.11. The number of aryl methyl sites for hydroxylation is 2. The summed E-state index contributed by atoms with van der Waals surface area (Å²) in [6, 6.07) is 13.5. The van der Waals surface area contributed by atoms with Gasteiger partial charge in [-0.3, -0.25) is 9.59 Å². The first-order valence-electron chi connectivity index (χ1n) is 12.6. The second-order valence-electron chi connectivity index (χ2n) is 10.5. The maximum absolute atomic E-state index is 14.0. The number of methoxy groups -OCH3 is 1. The van der Waals surface area contributed by atoms with Gasteiger partial charge in [0, 0.05) is 20.7 Å². The minimum Gasteiger partial charge on any atom is -0.469 e. The zero-order chi connectivity index (χ0) is 26.3. The van der Waals surface area contributed by atoms with E-state index >= 15 is 0 Å². The van der Waals surface area contributed by atoms with Crippen molar-refractivity contribution in [1.29, 1.82) is 0 Å². The zero-order valence-electron chi connectivity index (χ0n) is 21.7. The van der Waals surface area contributed by atoms with Gasteiger partial charge in [0.25, 0.3) is 5.91 Å². The molecule has 5 rings (SSSR count). The smallest absolute Gasteiger partial charge is 0.308 e. The van der Waals surface area contributed by atoms with Gasteiger partial charge in [-0.15, -0.1) is 23.1 Å². The van der Waals surface area contributed by atoms with Crippen LogP contribution in [0.3, 0.4) is 0 Å². The van der Waals surface area contributed by atoms with Crippen molar-refractivity contribution in [2.75, 3.05) is 13.4 Å². The van der Waals surface area contributed by atoms with E-state index in [1.807, 2.05) is 31.4 Å². The number of benzene rings is 2. The summed E-state index contributed by atoms with van der Waals surface area (Å²) in [6.07, 6.45) is 6.23. The Balaban J connectivity index is 1.25. The van der Waals surface area contributed by atoms with E-state index < -0.39 is 0 Å². The molecule has 7 heteroatoms. The van der Waals surface area contributed by atoms with Crippen molar-refractivity contribution in [1.82, 2.24) is 5.32 Å². The molecule has 0 radical (unpaired) electrons. The molecule has 2 aromatic carbocycles. The molecule has 1 amide bonds. The highest BCUT2D eigenvalue weighted by Gasteiger charge is 2.55. The van der Waals surface area contributed by atoms with Gasteiger partial charge in [-0.25, -0.2) is 4.39 Å². The standard InChI is InChI=1S/C30H32FNO3S2/c1-17-26(9-19-5-7-20(8-6-19)21-10-23(31)12-25(11-21)36-4)27(18(2)37-17)28(33)32-24-15-30(16-24)13-22(14-30)29(34)35-3/h5-8,10-12,22,24H,9,13-16H2,1-4H3,(H,32,33). The summed E-state index contributed by atoms with van der Waals surface area (Å²) in [5.41, 5.74) is 5.03. The molecule has 1 heterocycles. The number of esters is 1. The van der Waals surface area contributed by atoms with Gasteiger partial charge in [-0.2, -0.15) is 0 Å². The lowest BCUT2D eigenvalue weighted by Gasteiger charge is -2.56. The number of thioether (sulfide) groups is 1. The molecule has 0 atom stereocenters. The topological polar surface area (TPSA) is 55.4 Å². The molecule has 4 nitrogen and oxygen atoms in total. The van der Waals surface area contributed by atoms with Crippen molar-refractivity contribution in [3.05, 3.63) is 74.7 Å². The van der Waals surface area contributed by atoms with Gasteiger partial charge in [0.15, 0.2) is 0 Å². The van der Waals surface area contributed by atoms with Gasteiger partial charge in [-0.1, -0.05) is 24.3 Å². The predicted molar refractivity (Wildman–Crippen MR) is 148 cm³/mol. The fraction of sp³-hybridized carbons (Fsp3) is 0.400. The summed E-state index contributed by atoms with van der Waals surface area (Å²) in [7, 11) is 1.44. The lowest BCUT2D eigenvalue weighted by atomic mass is 9.50. The fourth-order valence-corrected chi connectivity index (χ4v) is 7.65. The van der Waals surface area contributed by atoms with Gasteiger partial charge in [0.2, 0.25) is 0 Å². The first kappa shape index (κ1) is 26.0. The Labute approximate surface area is 226 Å². The quantitative estimate of drug-likeness (QED) is 0.262. The van der Waals surface area contributed by atoms with E-state index in [-0.39, 0.29) is 35.1 Å². The van der Waals surface area contributed by atoms with E-state index in [1.54, 1.807) is 23.5 Å². The number of halogens is 1. The number of thiophene rings is 1. The zero-order valence-corrected chi connectivity index (χ0v) is 23.3. The largest absolute Gasteiger partial charge is 0.469 e. The maximum atomic E-state index is 14.0. The number of carbonyl (C=O) groups is 2. The molecule has 0 saturated heterocycles. The number of carbonyl (C=O) groups excluding carboxylic acids is 2. The summed E-state index contributed by atoms with van der Waals surface area (Å²) in [4.78, 5) is 28.2. The van der Waals surface area contributed by atoms with E-state index in [0.717, 1.165) is 68.2 Å². The molecule has 2 saturated carbocycles. The molecule has 2 aliphatic rings. The molecule has 2 fully saturated rings. The Hall–Kier alpha value is -2.64. The van der Waals surface area contributed by atoms with E-state index in [9.17, 15) is 14.0 Å². The molecule has 0 bridgehead atoms. The molecule has 194 valence electrons. The SMILES string of the molecule is COC(=O)C1CC2(CC(NC(=O)c3c(C)sc(C)c3Cc3ccc(-c4cc(F)cc(SC)c4)cc3)C2)C1. The Bertz CT molecular complexity index is 1330. The second kappa shape index (κ2) is 10.3. The molecule has 1 aromatic heterocycles. The fourth-order valence-electron chi connectivity index (χ4n) is 6.10. The summed E-state index contributed by atoms with van der Waals surface area (Å²) < 4.78 is 18.9. The number of hydrogen-bond donors (Lipinski definition) is 1. The molecule has 1 spiro atoms. The summed E-state index contributed by atoms with van der Waals surface area (Å²) in [5, 5.41) is 3.26. The molecule has 0 aliphatic heterocycles. The monoisotopic (exact) mass is 537 g/mol. The van der Waals surface area contributed by atoms with Crippen molar-refractivity contribution < 1.29 is 18.7 Å². The Morgan fingerprint density at radius 2 is 1.76 bits per heavy atom. The van der Waals surface area contributed by atoms with Crippen LogP contribution in [0.1, 0.15) is 56.9 Å². The third-order valence-electron chi connectivity index (χ3n) is 7.97. The first-order chi connectivity index (χ1) is 17.7. The van der Waals surface area contributed by atoms with Crippen molar-refractivity contribution in [2.45, 2.75) is 56.9 Å². The van der Waals surface area contributed by atoms with Crippen molar-refractivity contribution in [2.24, 2.45) is 11.3 Å². The molecular weight excluding hydrogens is 505 g/mol. The van der Waals surface area contributed by atoms with Crippen LogP contribution in [0.25, 0.3) is 11.1 Å². The summed E-state index contributed by atoms with van der Waals surface area (Å²) in [6.45, 7) is 4.09. The van der Waals surface area contributed by atoms with Crippen LogP contribution in [-0.4, -0.2) is 31.3 Å². The van der Waals surface area contributed by atoms with Crippen LogP contribution < -0.4 is 5.32 Å². The van der Waals surface area contributed by atoms with Crippen LogP contribution in [0.4, 0.5) is 4.39 Å². The lowest BCUT2D eigenvalue weighted by molar-refractivity contribution is -0.159. The van der Waals surface area contributed by atoms with E-state index in [4.69, 9.17) is 4.74 Å². The molecule has 3 aromatic rings. The molecule has 0 unspecified atom stereocenters. The van der Waals surface area contributed by atoms with Crippen LogP contribution >= 0.6 is 23.1 Å². The lowest BCUT2D eigenvalue weighted by Crippen LogP contribution is -2.57.